The van der Waals surface area contributed by atoms with Gasteiger partial charge in [-0.15, -0.1) is 0 Å². The topological polar surface area (TPSA) is 35.8 Å². The summed E-state index contributed by atoms with van der Waals surface area (Å²) in [5, 5.41) is 13.4. The monoisotopic (exact) mass is 246 g/mol. The molecule has 2 rings (SSSR count). The van der Waals surface area contributed by atoms with Crippen molar-refractivity contribution in [2.45, 2.75) is 24.0 Å². The highest BCUT2D eigenvalue weighted by Crippen LogP contribution is 2.25. The summed E-state index contributed by atoms with van der Waals surface area (Å²) in [5.41, 5.74) is 1.11. The molecule has 1 aliphatic rings. The van der Waals surface area contributed by atoms with Gasteiger partial charge in [0, 0.05) is 18.3 Å². The van der Waals surface area contributed by atoms with Crippen LogP contribution < -0.4 is 5.32 Å². The second-order valence-corrected chi connectivity index (χ2v) is 5.79. The minimum Gasteiger partial charge on any atom is -0.314 e. The third-order valence-corrected chi connectivity index (χ3v) is 4.50. The van der Waals surface area contributed by atoms with E-state index in [-0.39, 0.29) is 5.92 Å². The molecule has 2 unspecified atom stereocenters. The molecule has 0 radical (unpaired) electrons. The molecule has 3 heteroatoms. The van der Waals surface area contributed by atoms with Crippen LogP contribution in [0.2, 0.25) is 0 Å². The zero-order valence-electron chi connectivity index (χ0n) is 9.93. The fraction of sp³-hybridized carbons (Fsp3) is 0.500. The van der Waals surface area contributed by atoms with E-state index in [9.17, 15) is 5.26 Å². The lowest BCUT2D eigenvalue weighted by molar-refractivity contribution is 0.622. The number of nitrogens with zero attached hydrogens (tertiary/aromatic N) is 1. The van der Waals surface area contributed by atoms with Crippen molar-refractivity contribution in [3.05, 3.63) is 35.9 Å². The lowest BCUT2D eigenvalue weighted by Gasteiger charge is -2.13. The molecular formula is C14H18N2S. The van der Waals surface area contributed by atoms with E-state index in [4.69, 9.17) is 0 Å². The Morgan fingerprint density at radius 2 is 2.24 bits per heavy atom. The van der Waals surface area contributed by atoms with Crippen molar-refractivity contribution < 1.29 is 0 Å². The van der Waals surface area contributed by atoms with E-state index in [1.807, 2.05) is 30.3 Å². The molecule has 0 aliphatic carbocycles. The van der Waals surface area contributed by atoms with Gasteiger partial charge in [-0.25, -0.2) is 0 Å². The molecule has 1 heterocycles. The molecule has 1 fully saturated rings. The van der Waals surface area contributed by atoms with E-state index in [0.29, 0.717) is 0 Å². The molecule has 2 atom stereocenters. The normalized spacial score (nSPS) is 21.0. The molecule has 0 aromatic heterocycles. The van der Waals surface area contributed by atoms with Crippen molar-refractivity contribution in [1.29, 1.82) is 5.26 Å². The SMILES string of the molecule is N#CC(CNCC1CCCS1)c1ccccc1. The first-order valence-corrected chi connectivity index (χ1v) is 7.22. The maximum Gasteiger partial charge on any atom is 0.0837 e. The van der Waals surface area contributed by atoms with Crippen molar-refractivity contribution in [2.24, 2.45) is 0 Å². The van der Waals surface area contributed by atoms with Gasteiger partial charge in [0.25, 0.3) is 0 Å². The largest absolute Gasteiger partial charge is 0.314 e. The molecule has 1 saturated heterocycles. The van der Waals surface area contributed by atoms with E-state index in [1.54, 1.807) is 0 Å². The Bertz CT molecular complexity index is 366. The molecule has 0 amide bonds. The van der Waals surface area contributed by atoms with E-state index in [2.05, 4.69) is 23.1 Å². The molecule has 1 N–H and O–H groups in total. The van der Waals surface area contributed by atoms with Crippen LogP contribution in [0.1, 0.15) is 24.3 Å². The third-order valence-electron chi connectivity index (χ3n) is 3.10. The zero-order valence-corrected chi connectivity index (χ0v) is 10.7. The van der Waals surface area contributed by atoms with Gasteiger partial charge in [-0.1, -0.05) is 30.3 Å². The molecular weight excluding hydrogens is 228 g/mol. The van der Waals surface area contributed by atoms with Gasteiger partial charge < -0.3 is 5.32 Å². The Hall–Kier alpha value is -0.980. The van der Waals surface area contributed by atoms with Crippen molar-refractivity contribution in [2.75, 3.05) is 18.8 Å². The van der Waals surface area contributed by atoms with Gasteiger partial charge >= 0.3 is 0 Å². The summed E-state index contributed by atoms with van der Waals surface area (Å²) in [6, 6.07) is 12.4. The maximum atomic E-state index is 9.18. The van der Waals surface area contributed by atoms with Crippen LogP contribution in [-0.2, 0) is 0 Å². The summed E-state index contributed by atoms with van der Waals surface area (Å²) in [6.07, 6.45) is 2.66. The Morgan fingerprint density at radius 1 is 1.41 bits per heavy atom. The van der Waals surface area contributed by atoms with Crippen molar-refractivity contribution >= 4 is 11.8 Å². The second kappa shape index (κ2) is 6.68. The lowest BCUT2D eigenvalue weighted by atomic mass is 10.0. The molecule has 1 aromatic rings. The lowest BCUT2D eigenvalue weighted by Crippen LogP contribution is -2.27. The van der Waals surface area contributed by atoms with Crippen LogP contribution in [-0.4, -0.2) is 24.1 Å². The molecule has 1 aromatic carbocycles. The Kier molecular flexibility index (Phi) is 4.90. The first kappa shape index (κ1) is 12.5. The molecule has 90 valence electrons. The predicted molar refractivity (Wildman–Crippen MR) is 73.1 cm³/mol. The first-order valence-electron chi connectivity index (χ1n) is 6.17. The van der Waals surface area contributed by atoms with Gasteiger partial charge in [0.1, 0.15) is 0 Å². The summed E-state index contributed by atoms with van der Waals surface area (Å²) in [7, 11) is 0. The summed E-state index contributed by atoms with van der Waals surface area (Å²) < 4.78 is 0. The summed E-state index contributed by atoms with van der Waals surface area (Å²) in [5.74, 6) is 1.27. The minimum atomic E-state index is -0.0254. The van der Waals surface area contributed by atoms with Crippen molar-refractivity contribution in [3.8, 4) is 6.07 Å². The fourth-order valence-electron chi connectivity index (χ4n) is 2.12. The minimum absolute atomic E-state index is 0.0254. The van der Waals surface area contributed by atoms with Crippen LogP contribution >= 0.6 is 11.8 Å². The number of thioether (sulfide) groups is 1. The number of benzene rings is 1. The van der Waals surface area contributed by atoms with Crippen LogP contribution in [0.4, 0.5) is 0 Å². The smallest absolute Gasteiger partial charge is 0.0837 e. The van der Waals surface area contributed by atoms with Crippen LogP contribution in [0.25, 0.3) is 0 Å². The average Bonchev–Trinajstić information content (AvgIpc) is 2.89. The quantitative estimate of drug-likeness (QED) is 0.868. The number of hydrogen-bond donors (Lipinski definition) is 1. The zero-order chi connectivity index (χ0) is 11.9. The van der Waals surface area contributed by atoms with E-state index < -0.39 is 0 Å². The molecule has 2 nitrogen and oxygen atoms in total. The molecule has 0 spiro atoms. The number of nitriles is 1. The van der Waals surface area contributed by atoms with E-state index >= 15 is 0 Å². The van der Waals surface area contributed by atoms with Crippen molar-refractivity contribution in [3.63, 3.8) is 0 Å². The van der Waals surface area contributed by atoms with Gasteiger partial charge in [-0.2, -0.15) is 17.0 Å². The Balaban J connectivity index is 1.78. The van der Waals surface area contributed by atoms with Gasteiger partial charge in [0.2, 0.25) is 0 Å². The van der Waals surface area contributed by atoms with E-state index in [0.717, 1.165) is 23.9 Å². The van der Waals surface area contributed by atoms with Crippen LogP contribution in [0.3, 0.4) is 0 Å². The molecule has 0 bridgehead atoms. The number of rotatable bonds is 5. The maximum absolute atomic E-state index is 9.18. The molecule has 1 aliphatic heterocycles. The van der Waals surface area contributed by atoms with Crippen molar-refractivity contribution in [1.82, 2.24) is 5.32 Å². The standard InChI is InChI=1S/C14H18N2S/c15-9-13(12-5-2-1-3-6-12)10-16-11-14-7-4-8-17-14/h1-3,5-6,13-14,16H,4,7-8,10-11H2. The van der Waals surface area contributed by atoms with Gasteiger partial charge in [0.05, 0.1) is 12.0 Å². The van der Waals surface area contributed by atoms with E-state index in [1.165, 1.54) is 18.6 Å². The summed E-state index contributed by atoms with van der Waals surface area (Å²) >= 11 is 2.05. The highest BCUT2D eigenvalue weighted by molar-refractivity contribution is 8.00. The van der Waals surface area contributed by atoms with Crippen LogP contribution in [0, 0.1) is 11.3 Å². The van der Waals surface area contributed by atoms with Gasteiger partial charge in [0.15, 0.2) is 0 Å². The third kappa shape index (κ3) is 3.76. The molecule has 0 saturated carbocycles. The average molecular weight is 246 g/mol. The highest BCUT2D eigenvalue weighted by Gasteiger charge is 2.16. The predicted octanol–water partition coefficient (Wildman–Crippen LogP) is 2.78. The van der Waals surface area contributed by atoms with Gasteiger partial charge in [-0.3, -0.25) is 0 Å². The summed E-state index contributed by atoms with van der Waals surface area (Å²) in [4.78, 5) is 0. The highest BCUT2D eigenvalue weighted by atomic mass is 32.2. The van der Waals surface area contributed by atoms with Crippen LogP contribution in [0.5, 0.6) is 0 Å². The summed E-state index contributed by atoms with van der Waals surface area (Å²) in [6.45, 7) is 1.80. The van der Waals surface area contributed by atoms with Crippen LogP contribution in [0.15, 0.2) is 30.3 Å². The van der Waals surface area contributed by atoms with Gasteiger partial charge in [-0.05, 0) is 24.2 Å². The second-order valence-electron chi connectivity index (χ2n) is 4.39. The first-order chi connectivity index (χ1) is 8.40. The Labute approximate surface area is 107 Å². The fourth-order valence-corrected chi connectivity index (χ4v) is 3.35. The molecule has 17 heavy (non-hydrogen) atoms. The Morgan fingerprint density at radius 3 is 2.88 bits per heavy atom. The number of hydrogen-bond acceptors (Lipinski definition) is 3. The number of nitrogens with one attached hydrogen (secondary N) is 1.